The molecule has 0 radical (unpaired) electrons. The molecule has 2 N–H and O–H groups in total. The van der Waals surface area contributed by atoms with E-state index >= 15 is 0 Å². The Morgan fingerprint density at radius 1 is 0.769 bits per heavy atom. The maximum absolute atomic E-state index is 13.5. The van der Waals surface area contributed by atoms with Crippen LogP contribution in [0.15, 0.2) is 110 Å². The molecule has 6 nitrogen and oxygen atoms in total. The van der Waals surface area contributed by atoms with Crippen molar-refractivity contribution in [2.45, 2.75) is 6.61 Å². The molecule has 0 aliphatic carbocycles. The van der Waals surface area contributed by atoms with Crippen molar-refractivity contribution in [1.82, 2.24) is 25.1 Å². The van der Waals surface area contributed by atoms with E-state index in [-0.39, 0.29) is 5.82 Å². The molecule has 0 aliphatic heterocycles. The fourth-order valence-corrected chi connectivity index (χ4v) is 4.83. The first-order valence-corrected chi connectivity index (χ1v) is 12.6. The number of hydrogen-bond donors (Lipinski definition) is 2. The summed E-state index contributed by atoms with van der Waals surface area (Å²) < 4.78 is 19.5. The van der Waals surface area contributed by atoms with Crippen LogP contribution < -0.4 is 4.74 Å². The van der Waals surface area contributed by atoms with Crippen LogP contribution in [0.5, 0.6) is 5.75 Å². The van der Waals surface area contributed by atoms with Gasteiger partial charge in [0.2, 0.25) is 0 Å². The minimum absolute atomic E-state index is 0.263. The second-order valence-corrected chi connectivity index (χ2v) is 9.33. The van der Waals surface area contributed by atoms with Crippen molar-refractivity contribution in [3.63, 3.8) is 0 Å². The molecule has 0 atom stereocenters. The van der Waals surface area contributed by atoms with Crippen LogP contribution >= 0.6 is 0 Å². The second-order valence-electron chi connectivity index (χ2n) is 9.33. The Labute approximate surface area is 223 Å². The summed E-state index contributed by atoms with van der Waals surface area (Å²) in [6, 6.07) is 28.7. The second kappa shape index (κ2) is 9.54. The number of rotatable bonds is 6. The lowest BCUT2D eigenvalue weighted by Crippen LogP contribution is -1.95. The van der Waals surface area contributed by atoms with Crippen molar-refractivity contribution < 1.29 is 9.13 Å². The molecule has 0 saturated heterocycles. The molecule has 0 saturated carbocycles. The number of benzene rings is 3. The fourth-order valence-electron chi connectivity index (χ4n) is 4.83. The van der Waals surface area contributed by atoms with Crippen LogP contribution in [-0.4, -0.2) is 25.1 Å². The number of aromatic nitrogens is 5. The zero-order valence-corrected chi connectivity index (χ0v) is 20.7. The van der Waals surface area contributed by atoms with Gasteiger partial charge in [-0.25, -0.2) is 9.37 Å². The third-order valence-corrected chi connectivity index (χ3v) is 6.80. The van der Waals surface area contributed by atoms with Crippen molar-refractivity contribution in [3.8, 4) is 39.4 Å². The number of nitrogens with zero attached hydrogens (tertiary/aromatic N) is 3. The lowest BCUT2D eigenvalue weighted by atomic mass is 10.0. The lowest BCUT2D eigenvalue weighted by molar-refractivity contribution is 0.305. The predicted octanol–water partition coefficient (Wildman–Crippen LogP) is 7.55. The number of nitrogens with one attached hydrogen (secondary N) is 2. The number of halogens is 1. The summed E-state index contributed by atoms with van der Waals surface area (Å²) >= 11 is 0. The van der Waals surface area contributed by atoms with E-state index in [0.29, 0.717) is 12.4 Å². The molecule has 0 bridgehead atoms. The highest BCUT2D eigenvalue weighted by Crippen LogP contribution is 2.35. The smallest absolute Gasteiger partial charge is 0.138 e. The van der Waals surface area contributed by atoms with Crippen LogP contribution in [0.2, 0.25) is 0 Å². The van der Waals surface area contributed by atoms with Gasteiger partial charge in [-0.05, 0) is 64.7 Å². The first-order chi connectivity index (χ1) is 19.2. The van der Waals surface area contributed by atoms with Gasteiger partial charge in [-0.1, -0.05) is 48.5 Å². The van der Waals surface area contributed by atoms with E-state index in [1.807, 2.05) is 66.9 Å². The molecule has 0 spiro atoms. The van der Waals surface area contributed by atoms with Crippen LogP contribution in [-0.2, 0) is 6.61 Å². The maximum Gasteiger partial charge on any atom is 0.138 e. The average molecular weight is 512 g/mol. The first kappa shape index (κ1) is 22.9. The topological polar surface area (TPSA) is 79.5 Å². The zero-order valence-electron chi connectivity index (χ0n) is 20.7. The summed E-state index contributed by atoms with van der Waals surface area (Å²) in [7, 11) is 0. The minimum Gasteiger partial charge on any atom is -0.487 e. The molecule has 0 fully saturated rings. The van der Waals surface area contributed by atoms with Gasteiger partial charge in [0, 0.05) is 28.7 Å². The molecule has 7 aromatic rings. The Kier molecular flexibility index (Phi) is 5.59. The number of fused-ring (bicyclic) bond motifs is 2. The largest absolute Gasteiger partial charge is 0.487 e. The molecule has 4 heterocycles. The van der Waals surface area contributed by atoms with Gasteiger partial charge in [0.15, 0.2) is 0 Å². The van der Waals surface area contributed by atoms with Gasteiger partial charge in [0.1, 0.15) is 29.5 Å². The summed E-state index contributed by atoms with van der Waals surface area (Å²) in [5, 5.41) is 9.67. The minimum atomic E-state index is -0.263. The molecule has 3 aromatic carbocycles. The fraction of sp³-hybridized carbons (Fsp3) is 0.0312. The van der Waals surface area contributed by atoms with E-state index in [1.165, 1.54) is 12.1 Å². The van der Waals surface area contributed by atoms with Crippen LogP contribution in [0.4, 0.5) is 4.39 Å². The highest BCUT2D eigenvalue weighted by Gasteiger charge is 2.15. The first-order valence-electron chi connectivity index (χ1n) is 12.6. The van der Waals surface area contributed by atoms with E-state index in [0.717, 1.165) is 61.1 Å². The summed E-state index contributed by atoms with van der Waals surface area (Å²) in [4.78, 5) is 12.3. The SMILES string of the molecule is Fc1ccc(-c2ccnc3[nH]c(-c4n[nH]c5ccc(-c6cncc(OCc7ccccc7)c6)cc45)cc23)cc1. The molecule has 188 valence electrons. The number of pyridine rings is 2. The van der Waals surface area contributed by atoms with Gasteiger partial charge >= 0.3 is 0 Å². The molecule has 4 aromatic heterocycles. The van der Waals surface area contributed by atoms with E-state index in [9.17, 15) is 4.39 Å². The summed E-state index contributed by atoms with van der Waals surface area (Å²) in [6.07, 6.45) is 5.31. The Hall–Kier alpha value is -5.30. The van der Waals surface area contributed by atoms with Gasteiger partial charge < -0.3 is 9.72 Å². The van der Waals surface area contributed by atoms with Crippen molar-refractivity contribution in [2.24, 2.45) is 0 Å². The Morgan fingerprint density at radius 3 is 2.49 bits per heavy atom. The van der Waals surface area contributed by atoms with Crippen LogP contribution in [0.3, 0.4) is 0 Å². The summed E-state index contributed by atoms with van der Waals surface area (Å²) in [6.45, 7) is 0.477. The normalized spacial score (nSPS) is 11.3. The molecule has 0 amide bonds. The number of hydrogen-bond acceptors (Lipinski definition) is 4. The van der Waals surface area contributed by atoms with Crippen molar-refractivity contribution in [3.05, 3.63) is 121 Å². The molecular weight excluding hydrogens is 489 g/mol. The maximum atomic E-state index is 13.5. The molecule has 0 aliphatic rings. The van der Waals surface area contributed by atoms with Crippen molar-refractivity contribution in [2.75, 3.05) is 0 Å². The molecule has 7 heteroatoms. The number of H-pyrrole nitrogens is 2. The van der Waals surface area contributed by atoms with Crippen LogP contribution in [0.1, 0.15) is 5.56 Å². The molecule has 0 unspecified atom stereocenters. The van der Waals surface area contributed by atoms with Gasteiger partial charge in [-0.2, -0.15) is 5.10 Å². The number of ether oxygens (including phenoxy) is 1. The van der Waals surface area contributed by atoms with Gasteiger partial charge in [0.05, 0.1) is 17.4 Å². The van der Waals surface area contributed by atoms with Gasteiger partial charge in [-0.3, -0.25) is 10.1 Å². The predicted molar refractivity (Wildman–Crippen MR) is 151 cm³/mol. The average Bonchev–Trinajstić information content (AvgIpc) is 3.61. The molecule has 7 rings (SSSR count). The summed E-state index contributed by atoms with van der Waals surface area (Å²) in [5.74, 6) is 0.444. The van der Waals surface area contributed by atoms with Crippen molar-refractivity contribution >= 4 is 21.9 Å². The van der Waals surface area contributed by atoms with Gasteiger partial charge in [0.25, 0.3) is 0 Å². The lowest BCUT2D eigenvalue weighted by Gasteiger charge is -2.08. The van der Waals surface area contributed by atoms with Crippen LogP contribution in [0, 0.1) is 5.82 Å². The third kappa shape index (κ3) is 4.40. The van der Waals surface area contributed by atoms with E-state index in [2.05, 4.69) is 31.2 Å². The Balaban J connectivity index is 1.24. The number of aromatic amines is 2. The quantitative estimate of drug-likeness (QED) is 0.242. The van der Waals surface area contributed by atoms with E-state index < -0.39 is 0 Å². The van der Waals surface area contributed by atoms with Crippen molar-refractivity contribution in [1.29, 1.82) is 0 Å². The van der Waals surface area contributed by atoms with E-state index in [1.54, 1.807) is 24.5 Å². The third-order valence-electron chi connectivity index (χ3n) is 6.80. The van der Waals surface area contributed by atoms with Crippen LogP contribution in [0.25, 0.3) is 55.6 Å². The molecular formula is C32H22FN5O. The zero-order chi connectivity index (χ0) is 26.2. The molecule has 39 heavy (non-hydrogen) atoms. The summed E-state index contributed by atoms with van der Waals surface area (Å²) in [5.41, 5.74) is 8.24. The Morgan fingerprint density at radius 2 is 1.62 bits per heavy atom. The van der Waals surface area contributed by atoms with E-state index in [4.69, 9.17) is 4.74 Å². The highest BCUT2D eigenvalue weighted by atomic mass is 19.1. The highest BCUT2D eigenvalue weighted by molar-refractivity contribution is 6.00. The Bertz CT molecular complexity index is 1930. The monoisotopic (exact) mass is 511 g/mol. The standard InChI is InChI=1S/C32H22FN5O/c33-24-9-6-21(7-10-24)26-12-13-35-32-27(26)16-30(36-32)31-28-15-22(8-11-29(28)37-38-31)23-14-25(18-34-17-23)39-19-20-4-2-1-3-5-20/h1-18H,19H2,(H,35,36)(H,37,38). The van der Waals surface area contributed by atoms with Gasteiger partial charge in [-0.15, -0.1) is 0 Å².